The number of aliphatic hydroxyl groups is 1. The fourth-order valence-electron chi connectivity index (χ4n) is 1.26. The maximum atomic E-state index is 9.16. The smallest absolute Gasteiger partial charge is 0.204 e. The second-order valence-electron chi connectivity index (χ2n) is 3.38. The first-order valence-electron chi connectivity index (χ1n) is 4.77. The Morgan fingerprint density at radius 3 is 2.73 bits per heavy atom. The maximum absolute atomic E-state index is 9.16. The molecule has 1 unspecified atom stereocenters. The fourth-order valence-corrected chi connectivity index (χ4v) is 1.26. The molecule has 0 saturated carbocycles. The summed E-state index contributed by atoms with van der Waals surface area (Å²) in [5.41, 5.74) is 0.925. The molecule has 0 radical (unpaired) electrons. The molecular formula is C10H12N4O. The van der Waals surface area contributed by atoms with Crippen molar-refractivity contribution in [2.24, 2.45) is 0 Å². The van der Waals surface area contributed by atoms with Gasteiger partial charge in [0.1, 0.15) is 0 Å². The minimum atomic E-state index is -0.470. The Morgan fingerprint density at radius 1 is 1.33 bits per heavy atom. The zero-order chi connectivity index (χ0) is 10.7. The molecule has 0 fully saturated rings. The summed E-state index contributed by atoms with van der Waals surface area (Å²) in [6, 6.07) is 9.62. The summed E-state index contributed by atoms with van der Waals surface area (Å²) in [5, 5.41) is 21.1. The van der Waals surface area contributed by atoms with Crippen molar-refractivity contribution in [2.45, 2.75) is 19.6 Å². The van der Waals surface area contributed by atoms with Gasteiger partial charge in [-0.3, -0.25) is 0 Å². The van der Waals surface area contributed by atoms with Crippen LogP contribution >= 0.6 is 0 Å². The van der Waals surface area contributed by atoms with Crippen LogP contribution in [-0.2, 0) is 6.54 Å². The van der Waals surface area contributed by atoms with Crippen LogP contribution in [0, 0.1) is 0 Å². The Bertz CT molecular complexity index is 424. The standard InChI is InChI=1S/C10H12N4O/c1-8(15)7-14-12-10(11-13-14)9-5-3-2-4-6-9/h2-6,8,15H,7H2,1H3. The average Bonchev–Trinajstić information content (AvgIpc) is 2.67. The molecule has 0 spiro atoms. The molecule has 78 valence electrons. The lowest BCUT2D eigenvalue weighted by Crippen LogP contribution is -2.14. The molecule has 0 bridgehead atoms. The SMILES string of the molecule is CC(O)Cn1nnc(-c2ccccc2)n1. The van der Waals surface area contributed by atoms with E-state index >= 15 is 0 Å². The van der Waals surface area contributed by atoms with E-state index in [1.54, 1.807) is 6.92 Å². The van der Waals surface area contributed by atoms with Crippen molar-refractivity contribution in [1.29, 1.82) is 0 Å². The van der Waals surface area contributed by atoms with Crippen molar-refractivity contribution in [3.8, 4) is 11.4 Å². The topological polar surface area (TPSA) is 63.8 Å². The van der Waals surface area contributed by atoms with E-state index in [1.807, 2.05) is 30.3 Å². The zero-order valence-electron chi connectivity index (χ0n) is 8.41. The minimum Gasteiger partial charge on any atom is -0.391 e. The van der Waals surface area contributed by atoms with Gasteiger partial charge in [-0.25, -0.2) is 0 Å². The highest BCUT2D eigenvalue weighted by molar-refractivity contribution is 5.52. The maximum Gasteiger partial charge on any atom is 0.204 e. The van der Waals surface area contributed by atoms with Crippen molar-refractivity contribution in [1.82, 2.24) is 20.2 Å². The normalized spacial score (nSPS) is 12.7. The van der Waals surface area contributed by atoms with Crippen LogP contribution in [0.4, 0.5) is 0 Å². The van der Waals surface area contributed by atoms with Crippen LogP contribution < -0.4 is 0 Å². The third-order valence-corrected chi connectivity index (χ3v) is 1.91. The molecule has 15 heavy (non-hydrogen) atoms. The number of hydrogen-bond acceptors (Lipinski definition) is 4. The Balaban J connectivity index is 2.21. The van der Waals surface area contributed by atoms with Crippen LogP contribution in [0.15, 0.2) is 30.3 Å². The van der Waals surface area contributed by atoms with E-state index in [1.165, 1.54) is 4.80 Å². The van der Waals surface area contributed by atoms with Crippen LogP contribution in [0.1, 0.15) is 6.92 Å². The van der Waals surface area contributed by atoms with Gasteiger partial charge in [-0.1, -0.05) is 30.3 Å². The van der Waals surface area contributed by atoms with Gasteiger partial charge < -0.3 is 5.11 Å². The third kappa shape index (κ3) is 2.38. The van der Waals surface area contributed by atoms with Gasteiger partial charge in [0.2, 0.25) is 5.82 Å². The number of benzene rings is 1. The average molecular weight is 204 g/mol. The summed E-state index contributed by atoms with van der Waals surface area (Å²) in [6.07, 6.45) is -0.470. The fraction of sp³-hybridized carbons (Fsp3) is 0.300. The molecule has 2 rings (SSSR count). The lowest BCUT2D eigenvalue weighted by Gasteiger charge is -1.99. The van der Waals surface area contributed by atoms with Gasteiger partial charge in [0.05, 0.1) is 12.6 Å². The molecule has 1 aromatic heterocycles. The lowest BCUT2D eigenvalue weighted by atomic mass is 10.2. The Labute approximate surface area is 87.4 Å². The van der Waals surface area contributed by atoms with E-state index in [2.05, 4.69) is 15.4 Å². The summed E-state index contributed by atoms with van der Waals surface area (Å²) >= 11 is 0. The number of tetrazole rings is 1. The number of aliphatic hydroxyl groups excluding tert-OH is 1. The molecule has 5 heteroatoms. The number of rotatable bonds is 3. The number of hydrogen-bond donors (Lipinski definition) is 1. The molecule has 1 N–H and O–H groups in total. The zero-order valence-corrected chi connectivity index (χ0v) is 8.41. The van der Waals surface area contributed by atoms with Gasteiger partial charge in [0, 0.05) is 5.56 Å². The van der Waals surface area contributed by atoms with Gasteiger partial charge in [-0.2, -0.15) is 4.80 Å². The molecule has 0 aliphatic rings. The van der Waals surface area contributed by atoms with Gasteiger partial charge >= 0.3 is 0 Å². The molecule has 1 atom stereocenters. The Kier molecular flexibility index (Phi) is 2.73. The van der Waals surface area contributed by atoms with Crippen molar-refractivity contribution < 1.29 is 5.11 Å². The molecule has 1 aromatic carbocycles. The van der Waals surface area contributed by atoms with Gasteiger partial charge in [0.15, 0.2) is 0 Å². The van der Waals surface area contributed by atoms with Crippen LogP contribution in [0.3, 0.4) is 0 Å². The quantitative estimate of drug-likeness (QED) is 0.800. The molecule has 0 aliphatic carbocycles. The molecule has 5 nitrogen and oxygen atoms in total. The predicted octanol–water partition coefficient (Wildman–Crippen LogP) is 0.721. The number of aromatic nitrogens is 4. The number of nitrogens with zero attached hydrogens (tertiary/aromatic N) is 4. The molecule has 0 amide bonds. The van der Waals surface area contributed by atoms with Crippen molar-refractivity contribution in [3.05, 3.63) is 30.3 Å². The summed E-state index contributed by atoms with van der Waals surface area (Å²) in [7, 11) is 0. The van der Waals surface area contributed by atoms with E-state index in [4.69, 9.17) is 5.11 Å². The minimum absolute atomic E-state index is 0.361. The summed E-state index contributed by atoms with van der Waals surface area (Å²) in [6.45, 7) is 2.05. The first-order chi connectivity index (χ1) is 7.25. The molecule has 2 aromatic rings. The largest absolute Gasteiger partial charge is 0.391 e. The Hall–Kier alpha value is -1.75. The summed E-state index contributed by atoms with van der Waals surface area (Å²) in [4.78, 5) is 1.40. The highest BCUT2D eigenvalue weighted by Gasteiger charge is 2.06. The van der Waals surface area contributed by atoms with E-state index in [-0.39, 0.29) is 0 Å². The molecule has 0 aliphatic heterocycles. The van der Waals surface area contributed by atoms with Gasteiger partial charge in [0.25, 0.3) is 0 Å². The molecule has 0 saturated heterocycles. The van der Waals surface area contributed by atoms with Crippen LogP contribution in [-0.4, -0.2) is 31.4 Å². The Morgan fingerprint density at radius 2 is 2.07 bits per heavy atom. The van der Waals surface area contributed by atoms with Crippen LogP contribution in [0.2, 0.25) is 0 Å². The highest BCUT2D eigenvalue weighted by atomic mass is 16.3. The lowest BCUT2D eigenvalue weighted by molar-refractivity contribution is 0.161. The monoisotopic (exact) mass is 204 g/mol. The third-order valence-electron chi connectivity index (χ3n) is 1.91. The molecular weight excluding hydrogens is 192 g/mol. The predicted molar refractivity (Wildman–Crippen MR) is 54.9 cm³/mol. The van der Waals surface area contributed by atoms with Crippen molar-refractivity contribution in [3.63, 3.8) is 0 Å². The highest BCUT2D eigenvalue weighted by Crippen LogP contribution is 2.11. The first kappa shape index (κ1) is 9.79. The van der Waals surface area contributed by atoms with Crippen LogP contribution in [0.25, 0.3) is 11.4 Å². The van der Waals surface area contributed by atoms with Crippen LogP contribution in [0.5, 0.6) is 0 Å². The van der Waals surface area contributed by atoms with E-state index in [0.717, 1.165) is 5.56 Å². The molecule has 1 heterocycles. The summed E-state index contributed by atoms with van der Waals surface area (Å²) in [5.74, 6) is 0.580. The van der Waals surface area contributed by atoms with E-state index < -0.39 is 6.10 Å². The van der Waals surface area contributed by atoms with Gasteiger partial charge in [-0.05, 0) is 12.1 Å². The second kappa shape index (κ2) is 4.18. The van der Waals surface area contributed by atoms with E-state index in [9.17, 15) is 0 Å². The first-order valence-corrected chi connectivity index (χ1v) is 4.77. The van der Waals surface area contributed by atoms with Gasteiger partial charge in [-0.15, -0.1) is 10.2 Å². The van der Waals surface area contributed by atoms with E-state index in [0.29, 0.717) is 12.4 Å². The van der Waals surface area contributed by atoms with Crippen molar-refractivity contribution >= 4 is 0 Å². The van der Waals surface area contributed by atoms with Crippen molar-refractivity contribution in [2.75, 3.05) is 0 Å². The summed E-state index contributed by atoms with van der Waals surface area (Å²) < 4.78 is 0. The second-order valence-corrected chi connectivity index (χ2v) is 3.38.